The maximum atomic E-state index is 14.6. The fourth-order valence-electron chi connectivity index (χ4n) is 6.64. The molecule has 0 spiro atoms. The van der Waals surface area contributed by atoms with E-state index in [9.17, 15) is 26.3 Å². The maximum Gasteiger partial charge on any atom is 0.426 e. The molecule has 0 fully saturated rings. The van der Waals surface area contributed by atoms with Crippen molar-refractivity contribution >= 4 is 31.9 Å². The van der Waals surface area contributed by atoms with Gasteiger partial charge in [0.2, 0.25) is 23.0 Å². The maximum absolute atomic E-state index is 14.6. The normalized spacial score (nSPS) is 16.1. The minimum absolute atomic E-state index is 0.158. The molecular weight excluding hydrogens is 1030 g/mol. The first-order valence-corrected chi connectivity index (χ1v) is 22.7. The summed E-state index contributed by atoms with van der Waals surface area (Å²) in [4.78, 5) is 8.81. The predicted molar refractivity (Wildman–Crippen MR) is 246 cm³/mol. The Morgan fingerprint density at radius 1 is 0.765 bits per heavy atom. The molecule has 20 heteroatoms. The number of fused-ring (bicyclic) bond motifs is 5. The van der Waals surface area contributed by atoms with Gasteiger partial charge >= 0.3 is 12.4 Å². The Kier molecular flexibility index (Phi) is 17.5. The van der Waals surface area contributed by atoms with Gasteiger partial charge in [0.1, 0.15) is 11.4 Å². The van der Waals surface area contributed by atoms with E-state index in [2.05, 4.69) is 75.4 Å². The van der Waals surface area contributed by atoms with Crippen LogP contribution in [0, 0.1) is 13.8 Å². The van der Waals surface area contributed by atoms with Crippen LogP contribution in [0.3, 0.4) is 0 Å². The van der Waals surface area contributed by atoms with E-state index in [1.807, 2.05) is 6.92 Å². The van der Waals surface area contributed by atoms with Gasteiger partial charge in [-0.1, -0.05) is 85.0 Å². The van der Waals surface area contributed by atoms with E-state index >= 15 is 0 Å². The molecule has 4 aromatic heterocycles. The SMILES string of the molecule is C=CCCCOc1nc(-c2nnc(C(CC=C)(OCc3ccccc3)C(F)(F)F)o2)c(Br)cc1C.Cc1cc(Br)c2nc1OCCCC=CCC(OCc1ccccc1)(C(F)(F)F)c1nnc-2o1. The first-order chi connectivity index (χ1) is 32.5. The molecule has 68 heavy (non-hydrogen) atoms. The number of hydrogen-bond acceptors (Lipinski definition) is 12. The molecule has 6 aromatic rings. The van der Waals surface area contributed by atoms with Crippen molar-refractivity contribution in [2.24, 2.45) is 0 Å². The van der Waals surface area contributed by atoms with Crippen molar-refractivity contribution in [2.75, 3.05) is 13.2 Å². The first-order valence-electron chi connectivity index (χ1n) is 21.2. The molecule has 0 aliphatic carbocycles. The fourth-order valence-corrected chi connectivity index (χ4v) is 7.84. The van der Waals surface area contributed by atoms with Crippen LogP contribution in [0.5, 0.6) is 11.8 Å². The average Bonchev–Trinajstić information content (AvgIpc) is 4.00. The third-order valence-corrected chi connectivity index (χ3v) is 11.5. The highest BCUT2D eigenvalue weighted by Crippen LogP contribution is 2.48. The van der Waals surface area contributed by atoms with Gasteiger partial charge in [-0.05, 0) is 94.7 Å². The number of rotatable bonds is 15. The van der Waals surface area contributed by atoms with Crippen molar-refractivity contribution < 1.29 is 54.1 Å². The molecule has 4 bridgehead atoms. The van der Waals surface area contributed by atoms with Gasteiger partial charge in [-0.25, -0.2) is 9.97 Å². The van der Waals surface area contributed by atoms with E-state index in [-0.39, 0.29) is 36.4 Å². The first kappa shape index (κ1) is 51.7. The summed E-state index contributed by atoms with van der Waals surface area (Å²) in [6.45, 7) is 10.9. The van der Waals surface area contributed by atoms with Gasteiger partial charge in [0.25, 0.3) is 23.6 Å². The van der Waals surface area contributed by atoms with Crippen molar-refractivity contribution in [3.63, 3.8) is 0 Å². The lowest BCUT2D eigenvalue weighted by Gasteiger charge is -2.31. The lowest BCUT2D eigenvalue weighted by Crippen LogP contribution is -2.45. The van der Waals surface area contributed by atoms with E-state index < -0.39 is 48.2 Å². The van der Waals surface area contributed by atoms with Crippen LogP contribution < -0.4 is 9.47 Å². The number of nitrogens with zero attached hydrogens (tertiary/aromatic N) is 6. The van der Waals surface area contributed by atoms with Gasteiger partial charge in [0, 0.05) is 32.9 Å². The standard InChI is InChI=1S/C25H25BrF3N3O3.C23H21BrF3N3O3/c1-4-6-10-14-33-21-17(3)15-19(26)20(30-21)22-31-32-23(35-22)24(13-5-2,25(27,28)29)34-16-18-11-8-7-9-12-18;1-15-13-17(24)18-20-29-30-21(33-20)22(23(25,26)27,32-14-16-9-5-4-6-10-16)11-7-2-3-8-12-31-19(15)28-18/h4-5,7-9,11-12,15H,1-2,6,10,13-14,16H2,3H3;2,4-7,9-10,13H,3,8,11-12,14H2,1H3. The quantitative estimate of drug-likeness (QED) is 0.0549. The number of halogens is 8. The zero-order valence-corrected chi connectivity index (χ0v) is 40.1. The molecule has 0 N–H and O–H groups in total. The van der Waals surface area contributed by atoms with Crippen LogP contribution in [0.2, 0.25) is 0 Å². The van der Waals surface area contributed by atoms with Gasteiger partial charge in [-0.3, -0.25) is 0 Å². The molecule has 2 aromatic carbocycles. The van der Waals surface area contributed by atoms with E-state index in [1.54, 1.807) is 91.9 Å². The Bertz CT molecular complexity index is 2650. The molecular formula is C48H46Br2F6N6O6. The third kappa shape index (κ3) is 12.3. The van der Waals surface area contributed by atoms with Crippen LogP contribution in [-0.4, -0.2) is 55.9 Å². The van der Waals surface area contributed by atoms with Gasteiger partial charge in [-0.15, -0.1) is 33.6 Å². The average molecular weight is 1080 g/mol. The second kappa shape index (κ2) is 23.1. The smallest absolute Gasteiger partial charge is 0.426 e. The van der Waals surface area contributed by atoms with Gasteiger partial charge in [0.05, 0.1) is 26.4 Å². The summed E-state index contributed by atoms with van der Waals surface area (Å²) in [6, 6.07) is 20.6. The second-order valence-electron chi connectivity index (χ2n) is 15.3. The molecule has 0 radical (unpaired) electrons. The van der Waals surface area contributed by atoms with Crippen molar-refractivity contribution in [3.05, 3.63) is 153 Å². The second-order valence-corrected chi connectivity index (χ2v) is 17.1. The number of allylic oxidation sites excluding steroid dienone is 2. The summed E-state index contributed by atoms with van der Waals surface area (Å²) in [7, 11) is 0. The lowest BCUT2D eigenvalue weighted by atomic mass is 9.97. The molecule has 5 heterocycles. The largest absolute Gasteiger partial charge is 0.477 e. The number of alkyl halides is 6. The van der Waals surface area contributed by atoms with Crippen molar-refractivity contribution in [3.8, 4) is 34.9 Å². The van der Waals surface area contributed by atoms with Crippen LogP contribution in [0.4, 0.5) is 26.3 Å². The summed E-state index contributed by atoms with van der Waals surface area (Å²) in [5.74, 6) is -1.11. The van der Waals surface area contributed by atoms with E-state index in [0.717, 1.165) is 30.0 Å². The number of unbranched alkanes of at least 4 members (excludes halogenated alkanes) is 1. The number of pyridine rings is 2. The van der Waals surface area contributed by atoms with E-state index in [0.29, 0.717) is 57.9 Å². The molecule has 12 nitrogen and oxygen atoms in total. The van der Waals surface area contributed by atoms with Crippen molar-refractivity contribution in [1.82, 2.24) is 30.4 Å². The zero-order valence-electron chi connectivity index (χ0n) is 36.9. The lowest BCUT2D eigenvalue weighted by molar-refractivity contribution is -0.296. The van der Waals surface area contributed by atoms with E-state index in [4.69, 9.17) is 27.8 Å². The molecule has 2 unspecified atom stereocenters. The highest BCUT2D eigenvalue weighted by atomic mass is 79.9. The van der Waals surface area contributed by atoms with Crippen LogP contribution in [0.15, 0.2) is 128 Å². The van der Waals surface area contributed by atoms with E-state index in [1.165, 1.54) is 6.08 Å². The van der Waals surface area contributed by atoms with Crippen LogP contribution in [-0.2, 0) is 33.9 Å². The molecule has 2 atom stereocenters. The van der Waals surface area contributed by atoms with Gasteiger partial charge < -0.3 is 27.8 Å². The van der Waals surface area contributed by atoms with Gasteiger partial charge in [0.15, 0.2) is 0 Å². The minimum atomic E-state index is -4.86. The Hall–Kier alpha value is -5.70. The number of hydrogen-bond donors (Lipinski definition) is 0. The van der Waals surface area contributed by atoms with Gasteiger partial charge in [-0.2, -0.15) is 26.3 Å². The molecule has 1 aliphatic heterocycles. The number of ether oxygens (including phenoxy) is 4. The predicted octanol–water partition coefficient (Wildman–Crippen LogP) is 13.4. The van der Waals surface area contributed by atoms with Crippen molar-refractivity contribution in [2.45, 2.75) is 89.1 Å². The molecule has 7 rings (SSSR count). The monoisotopic (exact) mass is 1070 g/mol. The molecule has 360 valence electrons. The van der Waals surface area contributed by atoms with Crippen molar-refractivity contribution in [1.29, 1.82) is 0 Å². The molecule has 0 saturated heterocycles. The summed E-state index contributed by atoms with van der Waals surface area (Å²) >= 11 is 6.75. The summed E-state index contributed by atoms with van der Waals surface area (Å²) in [6.07, 6.45) is -2.14. The molecule has 0 amide bonds. The highest BCUT2D eigenvalue weighted by Gasteiger charge is 2.62. The zero-order chi connectivity index (χ0) is 49.0. The number of aryl methyl sites for hydroxylation is 2. The summed E-state index contributed by atoms with van der Waals surface area (Å²) in [5, 5.41) is 15.2. The highest BCUT2D eigenvalue weighted by molar-refractivity contribution is 9.11. The molecule has 0 saturated carbocycles. The van der Waals surface area contributed by atoms with Crippen LogP contribution in [0.1, 0.15) is 72.6 Å². The Morgan fingerprint density at radius 3 is 2.04 bits per heavy atom. The Labute approximate surface area is 405 Å². The van der Waals surface area contributed by atoms with Crippen LogP contribution >= 0.6 is 31.9 Å². The Morgan fingerprint density at radius 2 is 1.40 bits per heavy atom. The fraction of sp³-hybridized carbons (Fsp3) is 0.333. The minimum Gasteiger partial charge on any atom is -0.477 e. The topological polar surface area (TPSA) is 141 Å². The summed E-state index contributed by atoms with van der Waals surface area (Å²) in [5.41, 5.74) is -2.68. The van der Waals surface area contributed by atoms with Crippen LogP contribution in [0.25, 0.3) is 23.2 Å². The Balaban J connectivity index is 0.000000224. The number of benzene rings is 2. The number of aromatic nitrogens is 6. The summed E-state index contributed by atoms with van der Waals surface area (Å²) < 4.78 is 121. The third-order valence-electron chi connectivity index (χ3n) is 10.3. The molecule has 1 aliphatic rings.